The van der Waals surface area contributed by atoms with Crippen LogP contribution in [0.4, 0.5) is 17.2 Å². The predicted octanol–water partition coefficient (Wildman–Crippen LogP) is 5.34. The van der Waals surface area contributed by atoms with Gasteiger partial charge in [0.15, 0.2) is 5.82 Å². The van der Waals surface area contributed by atoms with Gasteiger partial charge in [-0.05, 0) is 39.7 Å². The molecule has 26 heavy (non-hydrogen) atoms. The van der Waals surface area contributed by atoms with Crippen LogP contribution in [0.5, 0.6) is 0 Å². The molecule has 0 spiro atoms. The first-order valence-electron chi connectivity index (χ1n) is 7.96. The normalized spacial score (nSPS) is 10.3. The van der Waals surface area contributed by atoms with E-state index in [9.17, 15) is 0 Å². The van der Waals surface area contributed by atoms with E-state index in [1.807, 2.05) is 51.2 Å². The van der Waals surface area contributed by atoms with E-state index >= 15 is 0 Å². The molecule has 0 aliphatic carbocycles. The van der Waals surface area contributed by atoms with Gasteiger partial charge in [-0.3, -0.25) is 9.97 Å². The molecule has 0 unspecified atom stereocenters. The number of anilines is 3. The molecule has 0 bridgehead atoms. The van der Waals surface area contributed by atoms with Gasteiger partial charge >= 0.3 is 0 Å². The van der Waals surface area contributed by atoms with E-state index in [1.165, 1.54) is 0 Å². The average Bonchev–Trinajstić information content (AvgIpc) is 2.69. The van der Waals surface area contributed by atoms with Crippen LogP contribution >= 0.6 is 39.5 Å². The van der Waals surface area contributed by atoms with Gasteiger partial charge in [0, 0.05) is 38.9 Å². The minimum absolute atomic E-state index is 0.195. The van der Waals surface area contributed by atoms with Crippen molar-refractivity contribution >= 4 is 67.7 Å². The van der Waals surface area contributed by atoms with Crippen LogP contribution in [0.1, 0.15) is 13.8 Å². The smallest absolute Gasteiger partial charge is 0.224 e. The van der Waals surface area contributed by atoms with Crippen LogP contribution < -0.4 is 9.21 Å². The molecule has 0 N–H and O–H groups in total. The van der Waals surface area contributed by atoms with Crippen LogP contribution in [-0.4, -0.2) is 40.3 Å². The highest BCUT2D eigenvalue weighted by Crippen LogP contribution is 2.40. The summed E-state index contributed by atoms with van der Waals surface area (Å²) in [7, 11) is 3.92. The molecule has 0 aliphatic heterocycles. The van der Waals surface area contributed by atoms with Gasteiger partial charge in [0.05, 0.1) is 21.4 Å². The quantitative estimate of drug-likeness (QED) is 0.388. The molecule has 1 aromatic carbocycles. The fraction of sp³-hybridized carbons (Fsp3) is 0.294. The maximum Gasteiger partial charge on any atom is 0.224 e. The molecule has 2 aromatic heterocycles. The Morgan fingerprint density at radius 1 is 1.08 bits per heavy atom. The zero-order chi connectivity index (χ0) is 19.3. The van der Waals surface area contributed by atoms with Crippen LogP contribution in [0.15, 0.2) is 35.2 Å². The third-order valence-corrected chi connectivity index (χ3v) is 5.03. The fourth-order valence-electron chi connectivity index (χ4n) is 2.37. The maximum absolute atomic E-state index is 5.97. The lowest BCUT2D eigenvalue weighted by Gasteiger charge is -2.27. The third kappa shape index (κ3) is 4.19. The van der Waals surface area contributed by atoms with Crippen LogP contribution in [0.2, 0.25) is 5.28 Å². The molecule has 0 atom stereocenters. The first-order chi connectivity index (χ1) is 12.5. The van der Waals surface area contributed by atoms with Crippen molar-refractivity contribution in [2.45, 2.75) is 13.8 Å². The summed E-state index contributed by atoms with van der Waals surface area (Å²) < 4.78 is 2.81. The third-order valence-electron chi connectivity index (χ3n) is 3.56. The van der Waals surface area contributed by atoms with Crippen molar-refractivity contribution in [3.63, 3.8) is 0 Å². The lowest BCUT2D eigenvalue weighted by atomic mass is 10.2. The van der Waals surface area contributed by atoms with E-state index in [0.29, 0.717) is 5.82 Å². The van der Waals surface area contributed by atoms with Crippen molar-refractivity contribution in [1.29, 1.82) is 0 Å². The topological polar surface area (TPSA) is 58.0 Å². The van der Waals surface area contributed by atoms with Gasteiger partial charge in [-0.2, -0.15) is 4.98 Å². The van der Waals surface area contributed by atoms with Crippen LogP contribution in [0.3, 0.4) is 0 Å². The van der Waals surface area contributed by atoms with Crippen LogP contribution in [-0.2, 0) is 0 Å². The van der Waals surface area contributed by atoms with Crippen molar-refractivity contribution in [2.24, 2.45) is 0 Å². The lowest BCUT2D eigenvalue weighted by Crippen LogP contribution is -2.17. The molecular formula is C17H20BrClN6S. The Morgan fingerprint density at radius 2 is 1.77 bits per heavy atom. The van der Waals surface area contributed by atoms with Gasteiger partial charge < -0.3 is 9.21 Å². The fourth-order valence-corrected chi connectivity index (χ4v) is 3.32. The number of hydrogen-bond donors (Lipinski definition) is 0. The van der Waals surface area contributed by atoms with Gasteiger partial charge in [-0.1, -0.05) is 25.8 Å². The molecule has 0 aliphatic rings. The van der Waals surface area contributed by atoms with Crippen molar-refractivity contribution in [3.05, 3.63) is 40.5 Å². The van der Waals surface area contributed by atoms with E-state index in [2.05, 4.69) is 40.2 Å². The van der Waals surface area contributed by atoms with Crippen molar-refractivity contribution in [3.8, 4) is 0 Å². The summed E-state index contributed by atoms with van der Waals surface area (Å²) in [4.78, 5) is 19.2. The Labute approximate surface area is 171 Å². The number of benzene rings is 1. The van der Waals surface area contributed by atoms with Gasteiger partial charge in [0.25, 0.3) is 0 Å². The first-order valence-corrected chi connectivity index (χ1v) is 10.3. The van der Waals surface area contributed by atoms with Crippen molar-refractivity contribution in [1.82, 2.24) is 19.9 Å². The molecule has 138 valence electrons. The summed E-state index contributed by atoms with van der Waals surface area (Å²) in [6, 6.07) is 3.95. The summed E-state index contributed by atoms with van der Waals surface area (Å²) >= 11 is 11.0. The molecule has 0 saturated carbocycles. The van der Waals surface area contributed by atoms with E-state index in [0.717, 1.165) is 26.9 Å². The Bertz CT molecular complexity index is 894. The van der Waals surface area contributed by atoms with Crippen molar-refractivity contribution in [2.75, 3.05) is 29.6 Å². The number of aromatic nitrogens is 4. The molecule has 0 fully saturated rings. The van der Waals surface area contributed by atoms with Gasteiger partial charge in [0.2, 0.25) is 5.28 Å². The maximum atomic E-state index is 5.97. The monoisotopic (exact) mass is 454 g/mol. The Kier molecular flexibility index (Phi) is 7.43. The van der Waals surface area contributed by atoms with Gasteiger partial charge in [0.1, 0.15) is 5.52 Å². The number of rotatable bonds is 4. The van der Waals surface area contributed by atoms with Crippen LogP contribution in [0.25, 0.3) is 11.0 Å². The zero-order valence-corrected chi connectivity index (χ0v) is 18.4. The highest BCUT2D eigenvalue weighted by molar-refractivity contribution is 9.10. The molecule has 6 nitrogen and oxygen atoms in total. The van der Waals surface area contributed by atoms with E-state index < -0.39 is 0 Å². The predicted molar refractivity (Wildman–Crippen MR) is 116 cm³/mol. The first kappa shape index (κ1) is 20.7. The summed E-state index contributed by atoms with van der Waals surface area (Å²) in [6.07, 6.45) is 7.03. The molecular weight excluding hydrogens is 436 g/mol. The standard InChI is InChI=1S/C15H14BrClN6S.C2H6/c1-22(14-9(16)8-20-15(17)21-14)11-5-4-10-12(19-7-6-18-10)13(11)23(2)24-3;1-2/h4-8H,1-3H3;1-2H3. The number of fused-ring (bicyclic) bond motifs is 1. The summed E-state index contributed by atoms with van der Waals surface area (Å²) in [5, 5.41) is 0.195. The average molecular weight is 456 g/mol. The Morgan fingerprint density at radius 3 is 2.46 bits per heavy atom. The summed E-state index contributed by atoms with van der Waals surface area (Å²) in [5.74, 6) is 0.675. The summed E-state index contributed by atoms with van der Waals surface area (Å²) in [6.45, 7) is 4.00. The molecule has 0 saturated heterocycles. The summed E-state index contributed by atoms with van der Waals surface area (Å²) in [5.41, 5.74) is 3.56. The minimum atomic E-state index is 0.195. The Balaban J connectivity index is 0.00000117. The number of hydrogen-bond acceptors (Lipinski definition) is 7. The van der Waals surface area contributed by atoms with Gasteiger partial charge in [-0.15, -0.1) is 0 Å². The highest BCUT2D eigenvalue weighted by atomic mass is 79.9. The lowest BCUT2D eigenvalue weighted by molar-refractivity contribution is 1.06. The Hall–Kier alpha value is -1.64. The van der Waals surface area contributed by atoms with E-state index in [-0.39, 0.29) is 5.28 Å². The number of nitrogens with zero attached hydrogens (tertiary/aromatic N) is 6. The molecule has 0 amide bonds. The molecule has 0 radical (unpaired) electrons. The van der Waals surface area contributed by atoms with E-state index in [4.69, 9.17) is 11.6 Å². The largest absolute Gasteiger partial charge is 0.327 e. The second-order valence-electron chi connectivity index (χ2n) is 4.91. The number of halogens is 2. The van der Waals surface area contributed by atoms with Crippen molar-refractivity contribution < 1.29 is 0 Å². The van der Waals surface area contributed by atoms with Gasteiger partial charge in [-0.25, -0.2) is 4.98 Å². The second-order valence-corrected chi connectivity index (χ2v) is 7.01. The second kappa shape index (κ2) is 9.34. The van der Waals surface area contributed by atoms with E-state index in [1.54, 1.807) is 30.5 Å². The minimum Gasteiger partial charge on any atom is -0.327 e. The molecule has 3 rings (SSSR count). The molecule has 9 heteroatoms. The molecule has 3 aromatic rings. The molecule has 2 heterocycles. The van der Waals surface area contributed by atoms with Crippen LogP contribution in [0, 0.1) is 0 Å². The zero-order valence-electron chi connectivity index (χ0n) is 15.2. The SMILES string of the molecule is CC.CSN(C)c1c(N(C)c2nc(Cl)ncc2Br)ccc2nccnc12. The highest BCUT2D eigenvalue weighted by Gasteiger charge is 2.20.